The van der Waals surface area contributed by atoms with Crippen molar-refractivity contribution in [1.29, 1.82) is 0 Å². The lowest BCUT2D eigenvalue weighted by atomic mass is 9.87. The zero-order chi connectivity index (χ0) is 13.8. The summed E-state index contributed by atoms with van der Waals surface area (Å²) in [6.07, 6.45) is 0. The van der Waals surface area contributed by atoms with E-state index in [1.54, 1.807) is 25.7 Å². The van der Waals surface area contributed by atoms with Crippen molar-refractivity contribution >= 4 is 12.0 Å². The van der Waals surface area contributed by atoms with Gasteiger partial charge in [-0.05, 0) is 26.2 Å². The number of aliphatic carboxylic acids is 1. The van der Waals surface area contributed by atoms with Crippen LogP contribution in [-0.2, 0) is 4.79 Å². The molecule has 0 aromatic rings. The lowest BCUT2D eigenvalue weighted by Crippen LogP contribution is -2.54. The Kier molecular flexibility index (Phi) is 5.45. The van der Waals surface area contributed by atoms with Gasteiger partial charge in [-0.15, -0.1) is 0 Å². The van der Waals surface area contributed by atoms with Crippen molar-refractivity contribution in [2.45, 2.75) is 53.6 Å². The van der Waals surface area contributed by atoms with Crippen molar-refractivity contribution in [2.75, 3.05) is 6.54 Å². The Labute approximate surface area is 103 Å². The second kappa shape index (κ2) is 5.89. The molecule has 0 aliphatic carbocycles. The van der Waals surface area contributed by atoms with Crippen LogP contribution in [0.2, 0.25) is 0 Å². The molecule has 1 atom stereocenters. The van der Waals surface area contributed by atoms with Gasteiger partial charge in [-0.2, -0.15) is 0 Å². The van der Waals surface area contributed by atoms with E-state index < -0.39 is 17.4 Å². The molecular formula is C12H24N2O3. The largest absolute Gasteiger partial charge is 0.480 e. The Morgan fingerprint density at radius 3 is 2.00 bits per heavy atom. The van der Waals surface area contributed by atoms with E-state index in [2.05, 4.69) is 5.32 Å². The quantitative estimate of drug-likeness (QED) is 0.793. The van der Waals surface area contributed by atoms with E-state index in [-0.39, 0.29) is 12.1 Å². The highest BCUT2D eigenvalue weighted by atomic mass is 16.4. The molecule has 17 heavy (non-hydrogen) atoms. The third kappa shape index (κ3) is 4.63. The fraction of sp³-hybridized carbons (Fsp3) is 0.833. The van der Waals surface area contributed by atoms with Gasteiger partial charge in [0.15, 0.2) is 0 Å². The van der Waals surface area contributed by atoms with Crippen LogP contribution in [0.5, 0.6) is 0 Å². The number of carboxylic acids is 1. The van der Waals surface area contributed by atoms with Crippen LogP contribution in [0.25, 0.3) is 0 Å². The van der Waals surface area contributed by atoms with Crippen LogP contribution >= 0.6 is 0 Å². The summed E-state index contributed by atoms with van der Waals surface area (Å²) in [5.74, 6) is -1.01. The first-order valence-electron chi connectivity index (χ1n) is 5.91. The minimum absolute atomic E-state index is 0.0504. The van der Waals surface area contributed by atoms with Crippen LogP contribution in [0.15, 0.2) is 0 Å². The molecule has 0 saturated heterocycles. The lowest BCUT2D eigenvalue weighted by Gasteiger charge is -2.32. The van der Waals surface area contributed by atoms with E-state index in [0.29, 0.717) is 6.54 Å². The van der Waals surface area contributed by atoms with Gasteiger partial charge in [0.2, 0.25) is 0 Å². The first-order chi connectivity index (χ1) is 7.61. The van der Waals surface area contributed by atoms with Crippen molar-refractivity contribution in [3.8, 4) is 0 Å². The van der Waals surface area contributed by atoms with Gasteiger partial charge in [-0.25, -0.2) is 9.59 Å². The van der Waals surface area contributed by atoms with Crippen LogP contribution < -0.4 is 5.32 Å². The summed E-state index contributed by atoms with van der Waals surface area (Å²) < 4.78 is 0. The molecule has 0 aliphatic heterocycles. The third-order valence-corrected chi connectivity index (χ3v) is 2.61. The highest BCUT2D eigenvalue weighted by Gasteiger charge is 2.33. The molecular weight excluding hydrogens is 220 g/mol. The number of carbonyl (C=O) groups is 2. The number of carbonyl (C=O) groups excluding carboxylic acids is 1. The molecule has 0 fully saturated rings. The highest BCUT2D eigenvalue weighted by Crippen LogP contribution is 2.19. The Bertz CT molecular complexity index is 282. The van der Waals surface area contributed by atoms with Crippen LogP contribution in [0, 0.1) is 5.41 Å². The number of nitrogens with zero attached hydrogens (tertiary/aromatic N) is 1. The summed E-state index contributed by atoms with van der Waals surface area (Å²) >= 11 is 0. The second-order valence-electron chi connectivity index (χ2n) is 5.47. The smallest absolute Gasteiger partial charge is 0.326 e. The molecule has 2 amide bonds. The van der Waals surface area contributed by atoms with Gasteiger partial charge in [0.25, 0.3) is 0 Å². The predicted molar refractivity (Wildman–Crippen MR) is 66.9 cm³/mol. The van der Waals surface area contributed by atoms with E-state index in [9.17, 15) is 9.59 Å². The van der Waals surface area contributed by atoms with Crippen molar-refractivity contribution < 1.29 is 14.7 Å². The van der Waals surface area contributed by atoms with E-state index in [4.69, 9.17) is 5.11 Å². The summed E-state index contributed by atoms with van der Waals surface area (Å²) in [5, 5.41) is 11.7. The second-order valence-corrected chi connectivity index (χ2v) is 5.47. The zero-order valence-electron chi connectivity index (χ0n) is 11.6. The summed E-state index contributed by atoms with van der Waals surface area (Å²) in [6.45, 7) is 11.6. The van der Waals surface area contributed by atoms with Gasteiger partial charge in [0, 0.05) is 12.6 Å². The van der Waals surface area contributed by atoms with Crippen LogP contribution in [0.1, 0.15) is 41.5 Å². The van der Waals surface area contributed by atoms with Crippen LogP contribution in [0.4, 0.5) is 4.79 Å². The molecule has 0 saturated carbocycles. The summed E-state index contributed by atoms with van der Waals surface area (Å²) in [7, 11) is 0. The van der Waals surface area contributed by atoms with E-state index in [1.807, 2.05) is 20.8 Å². The third-order valence-electron chi connectivity index (χ3n) is 2.61. The number of urea groups is 1. The molecule has 0 aliphatic rings. The molecule has 2 N–H and O–H groups in total. The number of nitrogens with one attached hydrogen (secondary N) is 1. The Morgan fingerprint density at radius 1 is 1.29 bits per heavy atom. The molecule has 0 radical (unpaired) electrons. The van der Waals surface area contributed by atoms with Crippen LogP contribution in [-0.4, -0.2) is 40.6 Å². The number of hydrogen-bond donors (Lipinski definition) is 2. The average Bonchev–Trinajstić information content (AvgIpc) is 2.12. The normalized spacial score (nSPS) is 13.4. The standard InChI is InChI=1S/C12H24N2O3/c1-7-14(8(2)3)11(17)13-9(10(15)16)12(4,5)6/h8-9H,7H2,1-6H3,(H,13,17)(H,15,16)/t9-/m1/s1. The van der Waals surface area contributed by atoms with Gasteiger partial charge in [-0.3, -0.25) is 0 Å². The topological polar surface area (TPSA) is 69.6 Å². The average molecular weight is 244 g/mol. The molecule has 0 aromatic heterocycles. The van der Waals surface area contributed by atoms with Crippen molar-refractivity contribution in [3.63, 3.8) is 0 Å². The molecule has 5 heteroatoms. The first-order valence-corrected chi connectivity index (χ1v) is 5.91. The maximum Gasteiger partial charge on any atom is 0.326 e. The Hall–Kier alpha value is -1.26. The first kappa shape index (κ1) is 15.7. The molecule has 100 valence electrons. The van der Waals surface area contributed by atoms with Gasteiger partial charge < -0.3 is 15.3 Å². The maximum atomic E-state index is 11.9. The zero-order valence-corrected chi connectivity index (χ0v) is 11.6. The number of hydrogen-bond acceptors (Lipinski definition) is 2. The Morgan fingerprint density at radius 2 is 1.76 bits per heavy atom. The van der Waals surface area contributed by atoms with E-state index in [1.165, 1.54) is 0 Å². The number of carboxylic acid groups (broad SMARTS) is 1. The van der Waals surface area contributed by atoms with Crippen molar-refractivity contribution in [2.24, 2.45) is 5.41 Å². The van der Waals surface area contributed by atoms with E-state index in [0.717, 1.165) is 0 Å². The number of amides is 2. The fourth-order valence-corrected chi connectivity index (χ4v) is 1.60. The van der Waals surface area contributed by atoms with Gasteiger partial charge >= 0.3 is 12.0 Å². The van der Waals surface area contributed by atoms with E-state index >= 15 is 0 Å². The van der Waals surface area contributed by atoms with Crippen molar-refractivity contribution in [3.05, 3.63) is 0 Å². The van der Waals surface area contributed by atoms with Gasteiger partial charge in [0.05, 0.1) is 0 Å². The maximum absolute atomic E-state index is 11.9. The van der Waals surface area contributed by atoms with Crippen molar-refractivity contribution in [1.82, 2.24) is 10.2 Å². The van der Waals surface area contributed by atoms with Gasteiger partial charge in [-0.1, -0.05) is 20.8 Å². The molecule has 0 heterocycles. The molecule has 0 unspecified atom stereocenters. The molecule has 5 nitrogen and oxygen atoms in total. The molecule has 0 bridgehead atoms. The molecule has 0 spiro atoms. The summed E-state index contributed by atoms with van der Waals surface area (Å²) in [5.41, 5.74) is -0.516. The summed E-state index contributed by atoms with van der Waals surface area (Å²) in [4.78, 5) is 24.7. The molecule has 0 rings (SSSR count). The minimum atomic E-state index is -1.01. The molecule has 0 aromatic carbocycles. The fourth-order valence-electron chi connectivity index (χ4n) is 1.60. The minimum Gasteiger partial charge on any atom is -0.480 e. The monoisotopic (exact) mass is 244 g/mol. The SMILES string of the molecule is CCN(C(=O)N[C@H](C(=O)O)C(C)(C)C)C(C)C. The Balaban J connectivity index is 4.79. The predicted octanol–water partition coefficient (Wildman–Crippen LogP) is 1.93. The lowest BCUT2D eigenvalue weighted by molar-refractivity contribution is -0.142. The summed E-state index contributed by atoms with van der Waals surface area (Å²) in [6, 6.07) is -1.16. The van der Waals surface area contributed by atoms with Gasteiger partial charge in [0.1, 0.15) is 6.04 Å². The van der Waals surface area contributed by atoms with Crippen LogP contribution in [0.3, 0.4) is 0 Å². The number of rotatable bonds is 4. The highest BCUT2D eigenvalue weighted by molar-refractivity contribution is 5.83.